The summed E-state index contributed by atoms with van der Waals surface area (Å²) in [5.74, 6) is 0.918. The molecule has 2 aliphatic heterocycles. The van der Waals surface area contributed by atoms with Gasteiger partial charge in [-0.25, -0.2) is 0 Å². The number of ether oxygens (including phenoxy) is 1. The van der Waals surface area contributed by atoms with Gasteiger partial charge in [0.15, 0.2) is 0 Å². The molecule has 0 radical (unpaired) electrons. The summed E-state index contributed by atoms with van der Waals surface area (Å²) in [5, 5.41) is 2.98. The first-order chi connectivity index (χ1) is 10.8. The SMILES string of the molecule is O=C(NCc1cccnc1)[C@@H]1C[C@@H]2[C@@H](CCN2CC2CC2)O1. The van der Waals surface area contributed by atoms with Gasteiger partial charge in [-0.15, -0.1) is 0 Å². The monoisotopic (exact) mass is 301 g/mol. The molecule has 2 saturated heterocycles. The van der Waals surface area contributed by atoms with E-state index in [0.717, 1.165) is 30.9 Å². The lowest BCUT2D eigenvalue weighted by molar-refractivity contribution is -0.132. The number of hydrogen-bond donors (Lipinski definition) is 1. The lowest BCUT2D eigenvalue weighted by atomic mass is 10.1. The molecule has 3 aliphatic rings. The first-order valence-corrected chi connectivity index (χ1v) is 8.36. The van der Waals surface area contributed by atoms with Gasteiger partial charge in [0.2, 0.25) is 5.91 Å². The van der Waals surface area contributed by atoms with Gasteiger partial charge in [-0.1, -0.05) is 6.07 Å². The van der Waals surface area contributed by atoms with E-state index >= 15 is 0 Å². The highest BCUT2D eigenvalue weighted by Gasteiger charge is 2.46. The Morgan fingerprint density at radius 1 is 1.41 bits per heavy atom. The van der Waals surface area contributed by atoms with E-state index in [1.165, 1.54) is 19.4 Å². The average molecular weight is 301 g/mol. The minimum atomic E-state index is -0.284. The molecule has 0 unspecified atom stereocenters. The fourth-order valence-corrected chi connectivity index (χ4v) is 3.67. The second-order valence-corrected chi connectivity index (χ2v) is 6.77. The zero-order chi connectivity index (χ0) is 14.9. The van der Waals surface area contributed by atoms with E-state index in [1.54, 1.807) is 12.4 Å². The molecule has 0 aromatic carbocycles. The highest BCUT2D eigenvalue weighted by molar-refractivity contribution is 5.81. The van der Waals surface area contributed by atoms with E-state index < -0.39 is 0 Å². The number of carbonyl (C=O) groups is 1. The van der Waals surface area contributed by atoms with Crippen LogP contribution in [0, 0.1) is 5.92 Å². The number of pyridine rings is 1. The minimum Gasteiger partial charge on any atom is -0.363 e. The Morgan fingerprint density at radius 3 is 3.09 bits per heavy atom. The van der Waals surface area contributed by atoms with Crippen molar-refractivity contribution in [3.05, 3.63) is 30.1 Å². The summed E-state index contributed by atoms with van der Waals surface area (Å²) >= 11 is 0. The molecule has 1 aromatic rings. The van der Waals surface area contributed by atoms with Crippen molar-refractivity contribution >= 4 is 5.91 Å². The summed E-state index contributed by atoms with van der Waals surface area (Å²) in [6, 6.07) is 4.30. The Balaban J connectivity index is 1.29. The maximum absolute atomic E-state index is 12.3. The number of carbonyl (C=O) groups excluding carboxylic acids is 1. The molecule has 5 heteroatoms. The number of aromatic nitrogens is 1. The van der Waals surface area contributed by atoms with Gasteiger partial charge in [0.1, 0.15) is 6.10 Å². The molecule has 118 valence electrons. The highest BCUT2D eigenvalue weighted by Crippen LogP contribution is 2.37. The van der Waals surface area contributed by atoms with E-state index in [4.69, 9.17) is 4.74 Å². The predicted molar refractivity (Wildman–Crippen MR) is 82.1 cm³/mol. The highest BCUT2D eigenvalue weighted by atomic mass is 16.5. The molecule has 0 bridgehead atoms. The summed E-state index contributed by atoms with van der Waals surface area (Å²) < 4.78 is 6.00. The molecule has 4 rings (SSSR count). The van der Waals surface area contributed by atoms with Crippen molar-refractivity contribution in [3.8, 4) is 0 Å². The van der Waals surface area contributed by atoms with Crippen LogP contribution in [0.25, 0.3) is 0 Å². The Kier molecular flexibility index (Phi) is 3.84. The van der Waals surface area contributed by atoms with Crippen molar-refractivity contribution in [3.63, 3.8) is 0 Å². The minimum absolute atomic E-state index is 0.0182. The van der Waals surface area contributed by atoms with Crippen LogP contribution in [0.5, 0.6) is 0 Å². The van der Waals surface area contributed by atoms with Gasteiger partial charge in [0, 0.05) is 44.5 Å². The molecule has 0 spiro atoms. The molecule has 22 heavy (non-hydrogen) atoms. The van der Waals surface area contributed by atoms with Gasteiger partial charge in [-0.3, -0.25) is 14.7 Å². The first kappa shape index (κ1) is 14.2. The van der Waals surface area contributed by atoms with E-state index in [9.17, 15) is 4.79 Å². The van der Waals surface area contributed by atoms with E-state index in [1.807, 2.05) is 12.1 Å². The third-order valence-corrected chi connectivity index (χ3v) is 5.07. The van der Waals surface area contributed by atoms with Crippen LogP contribution in [0.4, 0.5) is 0 Å². The standard InChI is InChI=1S/C17H23N3O2/c21-17(19-10-13-2-1-6-18-9-13)16-8-14-15(22-16)5-7-20(14)11-12-3-4-12/h1-2,6,9,12,14-16H,3-5,7-8,10-11H2,(H,19,21)/t14-,15-,16+/m1/s1. The van der Waals surface area contributed by atoms with Crippen molar-refractivity contribution in [2.24, 2.45) is 5.92 Å². The van der Waals surface area contributed by atoms with E-state index in [0.29, 0.717) is 12.6 Å². The molecule has 3 atom stereocenters. The first-order valence-electron chi connectivity index (χ1n) is 8.36. The fourth-order valence-electron chi connectivity index (χ4n) is 3.67. The molecule has 1 amide bonds. The van der Waals surface area contributed by atoms with Crippen LogP contribution in [0.1, 0.15) is 31.2 Å². The lowest BCUT2D eigenvalue weighted by Gasteiger charge is -2.22. The zero-order valence-electron chi connectivity index (χ0n) is 12.8. The number of amides is 1. The summed E-state index contributed by atoms with van der Waals surface area (Å²) in [5.41, 5.74) is 1.02. The van der Waals surface area contributed by atoms with Gasteiger partial charge in [-0.2, -0.15) is 0 Å². The van der Waals surface area contributed by atoms with Gasteiger partial charge < -0.3 is 10.1 Å². The second kappa shape index (κ2) is 5.97. The average Bonchev–Trinajstić information content (AvgIpc) is 3.13. The van der Waals surface area contributed by atoms with Gasteiger partial charge in [0.05, 0.1) is 6.10 Å². The topological polar surface area (TPSA) is 54.5 Å². The molecule has 1 N–H and O–H groups in total. The lowest BCUT2D eigenvalue weighted by Crippen LogP contribution is -2.37. The van der Waals surface area contributed by atoms with Gasteiger partial charge in [0.25, 0.3) is 0 Å². The maximum Gasteiger partial charge on any atom is 0.249 e. The molecule has 3 fully saturated rings. The summed E-state index contributed by atoms with van der Waals surface area (Å²) in [6.45, 7) is 2.86. The zero-order valence-corrected chi connectivity index (χ0v) is 12.8. The number of nitrogens with zero attached hydrogens (tertiary/aromatic N) is 2. The number of likely N-dealkylation sites (tertiary alicyclic amines) is 1. The van der Waals surface area contributed by atoms with Crippen molar-refractivity contribution in [2.75, 3.05) is 13.1 Å². The maximum atomic E-state index is 12.3. The summed E-state index contributed by atoms with van der Waals surface area (Å²) in [7, 11) is 0. The number of hydrogen-bond acceptors (Lipinski definition) is 4. The Labute approximate surface area is 131 Å². The van der Waals surface area contributed by atoms with Crippen molar-refractivity contribution in [1.82, 2.24) is 15.2 Å². The molecule has 5 nitrogen and oxygen atoms in total. The van der Waals surface area contributed by atoms with Crippen molar-refractivity contribution in [2.45, 2.75) is 50.5 Å². The smallest absolute Gasteiger partial charge is 0.249 e. The Hall–Kier alpha value is -1.46. The quantitative estimate of drug-likeness (QED) is 0.892. The van der Waals surface area contributed by atoms with Crippen LogP contribution >= 0.6 is 0 Å². The van der Waals surface area contributed by atoms with E-state index in [2.05, 4.69) is 15.2 Å². The van der Waals surface area contributed by atoms with Crippen LogP contribution < -0.4 is 5.32 Å². The normalized spacial score (nSPS) is 31.2. The van der Waals surface area contributed by atoms with Gasteiger partial charge >= 0.3 is 0 Å². The van der Waals surface area contributed by atoms with E-state index in [-0.39, 0.29) is 18.1 Å². The third kappa shape index (κ3) is 3.01. The van der Waals surface area contributed by atoms with Crippen molar-refractivity contribution in [1.29, 1.82) is 0 Å². The second-order valence-electron chi connectivity index (χ2n) is 6.77. The Morgan fingerprint density at radius 2 is 2.32 bits per heavy atom. The van der Waals surface area contributed by atoms with Crippen LogP contribution in [0.15, 0.2) is 24.5 Å². The van der Waals surface area contributed by atoms with Crippen LogP contribution in [-0.4, -0.2) is 47.1 Å². The molecule has 1 aromatic heterocycles. The van der Waals surface area contributed by atoms with Crippen LogP contribution in [0.2, 0.25) is 0 Å². The number of rotatable bonds is 5. The summed E-state index contributed by atoms with van der Waals surface area (Å²) in [6.07, 6.45) is 8.16. The molecule has 3 heterocycles. The molecular weight excluding hydrogens is 278 g/mol. The van der Waals surface area contributed by atoms with Crippen LogP contribution in [0.3, 0.4) is 0 Å². The molecule has 1 aliphatic carbocycles. The molecule has 1 saturated carbocycles. The largest absolute Gasteiger partial charge is 0.363 e. The molecular formula is C17H23N3O2. The van der Waals surface area contributed by atoms with Crippen molar-refractivity contribution < 1.29 is 9.53 Å². The number of fused-ring (bicyclic) bond motifs is 1. The Bertz CT molecular complexity index is 532. The summed E-state index contributed by atoms with van der Waals surface area (Å²) in [4.78, 5) is 18.9. The van der Waals surface area contributed by atoms with Gasteiger partial charge in [-0.05, 0) is 36.8 Å². The predicted octanol–water partition coefficient (Wildman–Crippen LogP) is 1.34. The fraction of sp³-hybridized carbons (Fsp3) is 0.647. The number of nitrogens with one attached hydrogen (secondary N) is 1. The van der Waals surface area contributed by atoms with Crippen LogP contribution in [-0.2, 0) is 16.1 Å². The third-order valence-electron chi connectivity index (χ3n) is 5.07.